The predicted octanol–water partition coefficient (Wildman–Crippen LogP) is 3.53. The van der Waals surface area contributed by atoms with Crippen LogP contribution in [0.5, 0.6) is 11.5 Å². The summed E-state index contributed by atoms with van der Waals surface area (Å²) < 4.78 is 12.9. The van der Waals surface area contributed by atoms with Crippen molar-refractivity contribution >= 4 is 11.8 Å². The number of hydrogen-bond acceptors (Lipinski definition) is 5. The molecule has 0 radical (unpaired) electrons. The van der Waals surface area contributed by atoms with Gasteiger partial charge in [-0.3, -0.25) is 14.5 Å². The molecule has 0 saturated carbocycles. The maximum Gasteiger partial charge on any atom is 0.261 e. The molecule has 172 valence electrons. The van der Waals surface area contributed by atoms with Gasteiger partial charge in [0, 0.05) is 25.5 Å². The summed E-state index contributed by atoms with van der Waals surface area (Å²) in [5.74, 6) is 0.657. The summed E-state index contributed by atoms with van der Waals surface area (Å²) in [5, 5.41) is 10.6. The fraction of sp³-hybridized carbons (Fsp3) is 0.308. The number of aromatic nitrogens is 1. The Morgan fingerprint density at radius 1 is 1.00 bits per heavy atom. The van der Waals surface area contributed by atoms with Gasteiger partial charge in [-0.1, -0.05) is 18.2 Å². The lowest BCUT2D eigenvalue weighted by atomic mass is 10.0. The first-order chi connectivity index (χ1) is 16.0. The van der Waals surface area contributed by atoms with E-state index in [1.54, 1.807) is 19.2 Å². The van der Waals surface area contributed by atoms with Gasteiger partial charge in [-0.25, -0.2) is 0 Å². The van der Waals surface area contributed by atoms with Crippen LogP contribution in [0.2, 0.25) is 0 Å². The van der Waals surface area contributed by atoms with Crippen LogP contribution in [0.3, 0.4) is 0 Å². The molecule has 1 N–H and O–H groups in total. The average molecular weight is 449 g/mol. The number of imide groups is 1. The molecule has 33 heavy (non-hydrogen) atoms. The van der Waals surface area contributed by atoms with E-state index in [1.807, 2.05) is 60.3 Å². The Kier molecular flexibility index (Phi) is 6.79. The molecule has 0 aliphatic carbocycles. The van der Waals surface area contributed by atoms with Gasteiger partial charge in [0.15, 0.2) is 11.5 Å². The number of nitrogens with zero attached hydrogens (tertiary/aromatic N) is 2. The van der Waals surface area contributed by atoms with Crippen LogP contribution in [0.15, 0.2) is 60.9 Å². The molecule has 2 heterocycles. The zero-order valence-corrected chi connectivity index (χ0v) is 18.9. The molecule has 1 aromatic heterocycles. The van der Waals surface area contributed by atoms with E-state index in [1.165, 1.54) is 4.90 Å². The quantitative estimate of drug-likeness (QED) is 0.480. The van der Waals surface area contributed by atoms with Crippen LogP contribution in [-0.4, -0.2) is 52.8 Å². The molecular weight excluding hydrogens is 420 g/mol. The topological polar surface area (TPSA) is 81.0 Å². The third-order valence-electron chi connectivity index (χ3n) is 5.79. The van der Waals surface area contributed by atoms with Gasteiger partial charge in [0.05, 0.1) is 30.9 Å². The summed E-state index contributed by atoms with van der Waals surface area (Å²) in [6.45, 7) is 3.08. The molecule has 0 spiro atoms. The van der Waals surface area contributed by atoms with Crippen LogP contribution >= 0.6 is 0 Å². The molecular formula is C26H28N2O5. The molecule has 0 fully saturated rings. The molecule has 0 saturated heterocycles. The van der Waals surface area contributed by atoms with Gasteiger partial charge in [0.1, 0.15) is 0 Å². The fourth-order valence-electron chi connectivity index (χ4n) is 4.18. The number of ether oxygens (including phenoxy) is 2. The van der Waals surface area contributed by atoms with E-state index in [0.717, 1.165) is 11.1 Å². The molecule has 4 rings (SSSR count). The summed E-state index contributed by atoms with van der Waals surface area (Å²) in [7, 11) is 1.58. The van der Waals surface area contributed by atoms with Gasteiger partial charge in [0.2, 0.25) is 0 Å². The molecule has 2 aromatic carbocycles. The maximum atomic E-state index is 13.1. The maximum absolute atomic E-state index is 13.1. The lowest BCUT2D eigenvalue weighted by molar-refractivity contribution is 0.0622. The summed E-state index contributed by atoms with van der Waals surface area (Å²) in [6, 6.07) is 14.7. The van der Waals surface area contributed by atoms with E-state index in [9.17, 15) is 14.7 Å². The Morgan fingerprint density at radius 2 is 1.79 bits per heavy atom. The fourth-order valence-corrected chi connectivity index (χ4v) is 4.18. The Hall–Kier alpha value is -3.58. The van der Waals surface area contributed by atoms with Gasteiger partial charge < -0.3 is 19.1 Å². The third kappa shape index (κ3) is 4.78. The Balaban J connectivity index is 1.42. The first-order valence-corrected chi connectivity index (χ1v) is 11.1. The minimum atomic E-state index is -0.712. The van der Waals surface area contributed by atoms with Crippen molar-refractivity contribution in [2.75, 3.05) is 20.3 Å². The average Bonchev–Trinajstić information content (AvgIpc) is 3.40. The number of rotatable bonds is 10. The van der Waals surface area contributed by atoms with Crippen molar-refractivity contribution in [3.63, 3.8) is 0 Å². The van der Waals surface area contributed by atoms with E-state index in [4.69, 9.17) is 9.47 Å². The lowest BCUT2D eigenvalue weighted by Crippen LogP contribution is -2.33. The summed E-state index contributed by atoms with van der Waals surface area (Å²) in [4.78, 5) is 27.2. The molecule has 0 bridgehead atoms. The van der Waals surface area contributed by atoms with Crippen LogP contribution in [0, 0.1) is 0 Å². The normalized spacial score (nSPS) is 13.8. The van der Waals surface area contributed by atoms with Crippen molar-refractivity contribution in [1.82, 2.24) is 9.47 Å². The van der Waals surface area contributed by atoms with Crippen molar-refractivity contribution in [2.24, 2.45) is 0 Å². The van der Waals surface area contributed by atoms with E-state index in [-0.39, 0.29) is 24.8 Å². The highest BCUT2D eigenvalue weighted by atomic mass is 16.5. The largest absolute Gasteiger partial charge is 0.493 e. The number of aliphatic hydroxyl groups is 1. The number of carbonyl (C=O) groups excluding carboxylic acids is 2. The minimum Gasteiger partial charge on any atom is -0.493 e. The highest BCUT2D eigenvalue weighted by Crippen LogP contribution is 2.30. The minimum absolute atomic E-state index is 0.158. The molecule has 1 aliphatic rings. The molecule has 2 amide bonds. The van der Waals surface area contributed by atoms with Crippen LogP contribution < -0.4 is 9.47 Å². The number of fused-ring (bicyclic) bond motifs is 1. The second-order valence-corrected chi connectivity index (χ2v) is 8.02. The van der Waals surface area contributed by atoms with Crippen LogP contribution in [0.4, 0.5) is 0 Å². The predicted molar refractivity (Wildman–Crippen MR) is 124 cm³/mol. The van der Waals surface area contributed by atoms with E-state index in [0.29, 0.717) is 42.2 Å². The summed E-state index contributed by atoms with van der Waals surface area (Å²) in [5.41, 5.74) is 2.59. The summed E-state index contributed by atoms with van der Waals surface area (Å²) >= 11 is 0. The zero-order valence-electron chi connectivity index (χ0n) is 18.9. The van der Waals surface area contributed by atoms with Crippen molar-refractivity contribution in [3.05, 3.63) is 83.2 Å². The SMILES string of the molecule is CCOc1cc(CC(O)CCN2C(=O)c3cccc(Cn4cccc4)c3C2=O)ccc1OC. The molecule has 1 unspecified atom stereocenters. The Bertz CT molecular complexity index is 1140. The number of carbonyl (C=O) groups is 2. The van der Waals surface area contributed by atoms with Gasteiger partial charge >= 0.3 is 0 Å². The van der Waals surface area contributed by atoms with Crippen molar-refractivity contribution < 1.29 is 24.2 Å². The van der Waals surface area contributed by atoms with Crippen LogP contribution in [0.25, 0.3) is 0 Å². The number of amides is 2. The Labute approximate surface area is 193 Å². The van der Waals surface area contributed by atoms with Crippen LogP contribution in [-0.2, 0) is 13.0 Å². The van der Waals surface area contributed by atoms with Crippen molar-refractivity contribution in [3.8, 4) is 11.5 Å². The monoisotopic (exact) mass is 448 g/mol. The number of hydrogen-bond donors (Lipinski definition) is 1. The second kappa shape index (κ2) is 9.92. The highest BCUT2D eigenvalue weighted by molar-refractivity contribution is 6.22. The van der Waals surface area contributed by atoms with Crippen molar-refractivity contribution in [1.29, 1.82) is 0 Å². The highest BCUT2D eigenvalue weighted by Gasteiger charge is 2.37. The second-order valence-electron chi connectivity index (χ2n) is 8.02. The van der Waals surface area contributed by atoms with E-state index >= 15 is 0 Å². The van der Waals surface area contributed by atoms with Gasteiger partial charge in [0.25, 0.3) is 11.8 Å². The third-order valence-corrected chi connectivity index (χ3v) is 5.79. The number of aliphatic hydroxyl groups excluding tert-OH is 1. The molecule has 7 nitrogen and oxygen atoms in total. The Morgan fingerprint density at radius 3 is 2.52 bits per heavy atom. The molecule has 3 aromatic rings. The van der Waals surface area contributed by atoms with Gasteiger partial charge in [-0.05, 0) is 61.2 Å². The summed E-state index contributed by atoms with van der Waals surface area (Å²) in [6.07, 6.45) is 3.80. The smallest absolute Gasteiger partial charge is 0.261 e. The van der Waals surface area contributed by atoms with E-state index in [2.05, 4.69) is 0 Å². The lowest BCUT2D eigenvalue weighted by Gasteiger charge is -2.18. The standard InChI is InChI=1S/C26H28N2O5/c1-3-33-23-16-18(9-10-22(23)32-2)15-20(29)11-14-28-25(30)21-8-6-7-19(24(21)26(28)31)17-27-12-4-5-13-27/h4-10,12-13,16,20,29H,3,11,14-15,17H2,1-2H3. The van der Waals surface area contributed by atoms with Gasteiger partial charge in [-0.2, -0.15) is 0 Å². The van der Waals surface area contributed by atoms with Gasteiger partial charge in [-0.15, -0.1) is 0 Å². The number of methoxy groups -OCH3 is 1. The van der Waals surface area contributed by atoms with E-state index < -0.39 is 6.10 Å². The first kappa shape index (κ1) is 22.6. The zero-order chi connectivity index (χ0) is 23.4. The van der Waals surface area contributed by atoms with Crippen LogP contribution in [0.1, 0.15) is 45.2 Å². The number of benzene rings is 2. The van der Waals surface area contributed by atoms with Crippen molar-refractivity contribution in [2.45, 2.75) is 32.4 Å². The molecule has 1 aliphatic heterocycles. The molecule has 7 heteroatoms. The molecule has 1 atom stereocenters. The first-order valence-electron chi connectivity index (χ1n) is 11.1.